The molecule has 0 aliphatic carbocycles. The molecular weight excluding hydrogens is 452 g/mol. The number of nitrogens with zero attached hydrogens (tertiary/aromatic N) is 2. The number of benzene rings is 3. The van der Waals surface area contributed by atoms with E-state index in [1.54, 1.807) is 55.6 Å². The number of carbonyl (C=O) groups is 2. The molecule has 172 valence electrons. The van der Waals surface area contributed by atoms with E-state index in [9.17, 15) is 9.59 Å². The van der Waals surface area contributed by atoms with E-state index in [1.807, 2.05) is 31.2 Å². The number of aromatic nitrogens is 2. The van der Waals surface area contributed by atoms with Crippen molar-refractivity contribution in [2.75, 3.05) is 23.5 Å². The highest BCUT2D eigenvalue weighted by Gasteiger charge is 2.13. The molecule has 0 fully saturated rings. The van der Waals surface area contributed by atoms with E-state index in [-0.39, 0.29) is 17.6 Å². The Morgan fingerprint density at radius 1 is 0.971 bits per heavy atom. The quantitative estimate of drug-likeness (QED) is 0.345. The molecule has 2 N–H and O–H groups in total. The smallest absolute Gasteiger partial charge is 0.277 e. The Bertz CT molecular complexity index is 1290. The standard InChI is InChI=1S/C25H22N4O4S/c1-16-8-11-19(14-21(16)27-23(31)17-6-4-3-5-7-17)26-22(30)15-34-25-29-28-24(33-25)18-9-12-20(32-2)13-10-18/h3-14H,15H2,1-2H3,(H,26,30)(H,27,31). The molecular formula is C25H22N4O4S. The van der Waals surface area contributed by atoms with Crippen LogP contribution in [0.3, 0.4) is 0 Å². The van der Waals surface area contributed by atoms with Gasteiger partial charge in [-0.3, -0.25) is 9.59 Å². The molecule has 1 heterocycles. The van der Waals surface area contributed by atoms with E-state index in [0.717, 1.165) is 28.6 Å². The van der Waals surface area contributed by atoms with Gasteiger partial charge in [-0.1, -0.05) is 36.0 Å². The third-order valence-electron chi connectivity index (χ3n) is 4.88. The van der Waals surface area contributed by atoms with Crippen LogP contribution in [0.2, 0.25) is 0 Å². The first-order chi connectivity index (χ1) is 16.5. The highest BCUT2D eigenvalue weighted by atomic mass is 32.2. The van der Waals surface area contributed by atoms with Crippen LogP contribution in [-0.2, 0) is 4.79 Å². The zero-order chi connectivity index (χ0) is 23.9. The fourth-order valence-electron chi connectivity index (χ4n) is 3.06. The molecule has 0 radical (unpaired) electrons. The average molecular weight is 475 g/mol. The van der Waals surface area contributed by atoms with Crippen LogP contribution in [-0.4, -0.2) is 34.9 Å². The molecule has 0 spiro atoms. The van der Waals surface area contributed by atoms with E-state index in [1.165, 1.54) is 0 Å². The number of nitrogens with one attached hydrogen (secondary N) is 2. The van der Waals surface area contributed by atoms with Gasteiger partial charge in [0.1, 0.15) is 5.75 Å². The van der Waals surface area contributed by atoms with Crippen molar-refractivity contribution in [3.05, 3.63) is 83.9 Å². The monoisotopic (exact) mass is 474 g/mol. The molecule has 2 amide bonds. The Kier molecular flexibility index (Phi) is 7.24. The van der Waals surface area contributed by atoms with Gasteiger partial charge in [-0.05, 0) is 61.0 Å². The van der Waals surface area contributed by atoms with Gasteiger partial charge in [-0.15, -0.1) is 10.2 Å². The molecule has 3 aromatic carbocycles. The maximum absolute atomic E-state index is 12.5. The van der Waals surface area contributed by atoms with Gasteiger partial charge in [-0.25, -0.2) is 0 Å². The highest BCUT2D eigenvalue weighted by Crippen LogP contribution is 2.25. The molecule has 9 heteroatoms. The van der Waals surface area contributed by atoms with Crippen LogP contribution in [0.4, 0.5) is 11.4 Å². The average Bonchev–Trinajstić information content (AvgIpc) is 3.34. The van der Waals surface area contributed by atoms with Crippen LogP contribution in [0.5, 0.6) is 5.75 Å². The lowest BCUT2D eigenvalue weighted by molar-refractivity contribution is -0.113. The summed E-state index contributed by atoms with van der Waals surface area (Å²) in [5, 5.41) is 14.0. The lowest BCUT2D eigenvalue weighted by Gasteiger charge is -2.11. The molecule has 0 saturated heterocycles. The van der Waals surface area contributed by atoms with Crippen molar-refractivity contribution in [1.29, 1.82) is 0 Å². The van der Waals surface area contributed by atoms with Crippen molar-refractivity contribution in [2.24, 2.45) is 0 Å². The van der Waals surface area contributed by atoms with Crippen molar-refractivity contribution in [1.82, 2.24) is 10.2 Å². The maximum atomic E-state index is 12.5. The summed E-state index contributed by atoms with van der Waals surface area (Å²) < 4.78 is 10.8. The number of anilines is 2. The first-order valence-corrected chi connectivity index (χ1v) is 11.4. The van der Waals surface area contributed by atoms with Crippen LogP contribution < -0.4 is 15.4 Å². The largest absolute Gasteiger partial charge is 0.497 e. The SMILES string of the molecule is COc1ccc(-c2nnc(SCC(=O)Nc3ccc(C)c(NC(=O)c4ccccc4)c3)o2)cc1. The molecule has 4 rings (SSSR count). The molecule has 0 aliphatic heterocycles. The van der Waals surface area contributed by atoms with Gasteiger partial charge >= 0.3 is 0 Å². The van der Waals surface area contributed by atoms with Gasteiger partial charge in [0.05, 0.1) is 12.9 Å². The topological polar surface area (TPSA) is 106 Å². The third-order valence-corrected chi connectivity index (χ3v) is 5.69. The number of rotatable bonds is 8. The highest BCUT2D eigenvalue weighted by molar-refractivity contribution is 7.99. The molecule has 4 aromatic rings. The Morgan fingerprint density at radius 3 is 2.47 bits per heavy atom. The zero-order valence-electron chi connectivity index (χ0n) is 18.6. The minimum absolute atomic E-state index is 0.0871. The van der Waals surface area contributed by atoms with E-state index in [2.05, 4.69) is 20.8 Å². The van der Waals surface area contributed by atoms with E-state index >= 15 is 0 Å². The van der Waals surface area contributed by atoms with Crippen molar-refractivity contribution in [3.8, 4) is 17.2 Å². The summed E-state index contributed by atoms with van der Waals surface area (Å²) in [5.41, 5.74) is 3.40. The summed E-state index contributed by atoms with van der Waals surface area (Å²) in [6.07, 6.45) is 0. The first-order valence-electron chi connectivity index (χ1n) is 10.4. The summed E-state index contributed by atoms with van der Waals surface area (Å²) >= 11 is 1.14. The van der Waals surface area contributed by atoms with Crippen LogP contribution >= 0.6 is 11.8 Å². The third kappa shape index (κ3) is 5.81. The lowest BCUT2D eigenvalue weighted by atomic mass is 10.1. The molecule has 0 aliphatic rings. The molecule has 0 saturated carbocycles. The van der Waals surface area contributed by atoms with Crippen molar-refractivity contribution < 1.29 is 18.7 Å². The molecule has 0 atom stereocenters. The predicted molar refractivity (Wildman–Crippen MR) is 131 cm³/mol. The van der Waals surface area contributed by atoms with Crippen molar-refractivity contribution in [3.63, 3.8) is 0 Å². The number of ether oxygens (including phenoxy) is 1. The fraction of sp³-hybridized carbons (Fsp3) is 0.120. The first kappa shape index (κ1) is 23.1. The zero-order valence-corrected chi connectivity index (χ0v) is 19.4. The van der Waals surface area contributed by atoms with Gasteiger partial charge in [0.25, 0.3) is 11.1 Å². The summed E-state index contributed by atoms with van der Waals surface area (Å²) in [4.78, 5) is 24.9. The second-order valence-electron chi connectivity index (χ2n) is 7.29. The fourth-order valence-corrected chi connectivity index (χ4v) is 3.62. The minimum atomic E-state index is -0.238. The van der Waals surface area contributed by atoms with E-state index < -0.39 is 0 Å². The number of aryl methyl sites for hydroxylation is 1. The number of hydrogen-bond acceptors (Lipinski definition) is 7. The Labute approximate surface area is 200 Å². The Balaban J connectivity index is 1.34. The maximum Gasteiger partial charge on any atom is 0.277 e. The minimum Gasteiger partial charge on any atom is -0.497 e. The predicted octanol–water partition coefficient (Wildman–Crippen LogP) is 5.04. The number of thioether (sulfide) groups is 1. The van der Waals surface area contributed by atoms with Crippen LogP contribution in [0.25, 0.3) is 11.5 Å². The Hall–Kier alpha value is -4.11. The molecule has 1 aromatic heterocycles. The second-order valence-corrected chi connectivity index (χ2v) is 8.21. The Morgan fingerprint density at radius 2 is 1.74 bits per heavy atom. The van der Waals surface area contributed by atoms with E-state index in [4.69, 9.17) is 9.15 Å². The summed E-state index contributed by atoms with van der Waals surface area (Å²) in [6, 6.07) is 21.5. The summed E-state index contributed by atoms with van der Waals surface area (Å²) in [6.45, 7) is 1.89. The van der Waals surface area contributed by atoms with Gasteiger partial charge in [0.15, 0.2) is 0 Å². The molecule has 0 bridgehead atoms. The lowest BCUT2D eigenvalue weighted by Crippen LogP contribution is -2.15. The molecule has 34 heavy (non-hydrogen) atoms. The number of carbonyl (C=O) groups excluding carboxylic acids is 2. The van der Waals surface area contributed by atoms with Crippen molar-refractivity contribution >= 4 is 35.0 Å². The van der Waals surface area contributed by atoms with Gasteiger partial charge in [0.2, 0.25) is 11.8 Å². The second kappa shape index (κ2) is 10.7. The number of methoxy groups -OCH3 is 1. The van der Waals surface area contributed by atoms with Crippen molar-refractivity contribution in [2.45, 2.75) is 12.1 Å². The summed E-state index contributed by atoms with van der Waals surface area (Å²) in [7, 11) is 1.60. The number of amides is 2. The molecule has 0 unspecified atom stereocenters. The van der Waals surface area contributed by atoms with Crippen LogP contribution in [0.15, 0.2) is 82.4 Å². The summed E-state index contributed by atoms with van der Waals surface area (Å²) in [5.74, 6) is 0.727. The van der Waals surface area contributed by atoms with Crippen LogP contribution in [0.1, 0.15) is 15.9 Å². The van der Waals surface area contributed by atoms with Gasteiger partial charge < -0.3 is 19.8 Å². The van der Waals surface area contributed by atoms with Crippen LogP contribution in [0, 0.1) is 6.92 Å². The molecule has 8 nitrogen and oxygen atoms in total. The normalized spacial score (nSPS) is 10.5. The number of hydrogen-bond donors (Lipinski definition) is 2. The van der Waals surface area contributed by atoms with Gasteiger partial charge in [-0.2, -0.15) is 0 Å². The van der Waals surface area contributed by atoms with E-state index in [0.29, 0.717) is 28.1 Å². The van der Waals surface area contributed by atoms with Gasteiger partial charge in [0, 0.05) is 22.5 Å².